The van der Waals surface area contributed by atoms with Crippen molar-refractivity contribution in [1.29, 1.82) is 0 Å². The Balaban J connectivity index is 1.73. The van der Waals surface area contributed by atoms with Gasteiger partial charge in [0.15, 0.2) is 5.16 Å². The molecule has 0 aliphatic carbocycles. The summed E-state index contributed by atoms with van der Waals surface area (Å²) in [7, 11) is 0. The maximum Gasteiger partial charge on any atom is 0.234 e. The molecule has 1 aromatic heterocycles. The quantitative estimate of drug-likeness (QED) is 0.652. The molecule has 0 fully saturated rings. The normalized spacial score (nSPS) is 11.2. The summed E-state index contributed by atoms with van der Waals surface area (Å²) >= 11 is 1.49. The predicted molar refractivity (Wildman–Crippen MR) is 105 cm³/mol. The number of anilines is 1. The number of carbonyl (C=O) groups is 1. The molecule has 1 amide bonds. The molecule has 2 aromatic carbocycles. The summed E-state index contributed by atoms with van der Waals surface area (Å²) in [5.74, 6) is 0.840. The van der Waals surface area contributed by atoms with Crippen LogP contribution in [0.15, 0.2) is 53.7 Å². The second-order valence-electron chi connectivity index (χ2n) is 6.59. The van der Waals surface area contributed by atoms with E-state index in [1.54, 1.807) is 0 Å². The first-order valence-electron chi connectivity index (χ1n) is 8.47. The number of benzene rings is 2. The highest BCUT2D eigenvalue weighted by molar-refractivity contribution is 7.99. The minimum absolute atomic E-state index is 0.0150. The summed E-state index contributed by atoms with van der Waals surface area (Å²) in [4.78, 5) is 17.0. The Kier molecular flexibility index (Phi) is 5.43. The lowest BCUT2D eigenvalue weighted by molar-refractivity contribution is -0.113. The van der Waals surface area contributed by atoms with E-state index in [0.29, 0.717) is 11.7 Å². The van der Waals surface area contributed by atoms with E-state index >= 15 is 0 Å². The van der Waals surface area contributed by atoms with Crippen molar-refractivity contribution in [3.05, 3.63) is 54.1 Å². The van der Waals surface area contributed by atoms with Crippen LogP contribution in [0, 0.1) is 12.8 Å². The number of nitrogens with zero attached hydrogens (tertiary/aromatic N) is 2. The first-order valence-corrected chi connectivity index (χ1v) is 9.46. The highest BCUT2D eigenvalue weighted by Gasteiger charge is 2.14. The van der Waals surface area contributed by atoms with Crippen LogP contribution in [-0.2, 0) is 11.3 Å². The van der Waals surface area contributed by atoms with E-state index in [9.17, 15) is 4.79 Å². The largest absolute Gasteiger partial charge is 0.325 e. The zero-order valence-electron chi connectivity index (χ0n) is 14.8. The minimum Gasteiger partial charge on any atom is -0.325 e. The number of aryl methyl sites for hydroxylation is 1. The molecule has 3 rings (SSSR count). The molecule has 25 heavy (non-hydrogen) atoms. The number of fused-ring (bicyclic) bond motifs is 1. The SMILES string of the molecule is Cc1cccc(NC(=O)CSc2nc3ccccc3n2CC(C)C)c1. The molecule has 0 aliphatic heterocycles. The number of para-hydroxylation sites is 2. The molecule has 1 heterocycles. The van der Waals surface area contributed by atoms with Crippen molar-refractivity contribution < 1.29 is 4.79 Å². The summed E-state index contributed by atoms with van der Waals surface area (Å²) in [5, 5.41) is 3.85. The Bertz CT molecular complexity index is 886. The molecule has 5 heteroatoms. The Morgan fingerprint density at radius 1 is 1.20 bits per heavy atom. The third-order valence-corrected chi connectivity index (χ3v) is 4.78. The van der Waals surface area contributed by atoms with Crippen molar-refractivity contribution in [1.82, 2.24) is 9.55 Å². The highest BCUT2D eigenvalue weighted by Crippen LogP contribution is 2.25. The van der Waals surface area contributed by atoms with Crippen LogP contribution < -0.4 is 5.32 Å². The average molecular weight is 353 g/mol. The number of nitrogens with one attached hydrogen (secondary N) is 1. The molecule has 0 atom stereocenters. The monoisotopic (exact) mass is 353 g/mol. The Morgan fingerprint density at radius 2 is 2.00 bits per heavy atom. The van der Waals surface area contributed by atoms with E-state index in [4.69, 9.17) is 4.98 Å². The Morgan fingerprint density at radius 3 is 2.76 bits per heavy atom. The standard InChI is InChI=1S/C20H23N3OS/c1-14(2)12-23-18-10-5-4-9-17(18)22-20(23)25-13-19(24)21-16-8-6-7-15(3)11-16/h4-11,14H,12-13H2,1-3H3,(H,21,24). The maximum atomic E-state index is 12.3. The second kappa shape index (κ2) is 7.74. The molecule has 130 valence electrons. The average Bonchev–Trinajstić information content (AvgIpc) is 2.90. The third-order valence-electron chi connectivity index (χ3n) is 3.80. The zero-order chi connectivity index (χ0) is 17.8. The molecule has 0 saturated carbocycles. The van der Waals surface area contributed by atoms with Gasteiger partial charge in [-0.25, -0.2) is 4.98 Å². The second-order valence-corrected chi connectivity index (χ2v) is 7.54. The summed E-state index contributed by atoms with van der Waals surface area (Å²) in [5.41, 5.74) is 4.06. The van der Waals surface area contributed by atoms with E-state index in [0.717, 1.165) is 34.0 Å². The van der Waals surface area contributed by atoms with Crippen LogP contribution in [-0.4, -0.2) is 21.2 Å². The molecule has 0 aliphatic rings. The van der Waals surface area contributed by atoms with Gasteiger partial charge in [0.25, 0.3) is 0 Å². The van der Waals surface area contributed by atoms with Crippen LogP contribution in [0.2, 0.25) is 0 Å². The van der Waals surface area contributed by atoms with E-state index < -0.39 is 0 Å². The van der Waals surface area contributed by atoms with Crippen LogP contribution in [0.1, 0.15) is 19.4 Å². The van der Waals surface area contributed by atoms with Gasteiger partial charge >= 0.3 is 0 Å². The molecule has 0 bridgehead atoms. The van der Waals surface area contributed by atoms with Gasteiger partial charge in [0.1, 0.15) is 0 Å². The number of aromatic nitrogens is 2. The number of thioether (sulfide) groups is 1. The summed E-state index contributed by atoms with van der Waals surface area (Å²) in [6.07, 6.45) is 0. The van der Waals surface area contributed by atoms with Gasteiger partial charge in [-0.2, -0.15) is 0 Å². The highest BCUT2D eigenvalue weighted by atomic mass is 32.2. The molecule has 0 unspecified atom stereocenters. The predicted octanol–water partition coefficient (Wildman–Crippen LogP) is 4.73. The molecular formula is C20H23N3OS. The lowest BCUT2D eigenvalue weighted by atomic mass is 10.2. The van der Waals surface area contributed by atoms with Crippen molar-refractivity contribution in [2.24, 2.45) is 5.92 Å². The number of rotatable bonds is 6. The Labute approximate surface area is 152 Å². The van der Waals surface area contributed by atoms with E-state index in [2.05, 4.69) is 29.8 Å². The lowest BCUT2D eigenvalue weighted by Gasteiger charge is -2.11. The fourth-order valence-electron chi connectivity index (χ4n) is 2.76. The van der Waals surface area contributed by atoms with E-state index in [1.807, 2.05) is 49.4 Å². The number of hydrogen-bond acceptors (Lipinski definition) is 3. The zero-order valence-corrected chi connectivity index (χ0v) is 15.6. The molecule has 0 saturated heterocycles. The van der Waals surface area contributed by atoms with Crippen molar-refractivity contribution in [2.45, 2.75) is 32.5 Å². The van der Waals surface area contributed by atoms with Crippen molar-refractivity contribution >= 4 is 34.4 Å². The van der Waals surface area contributed by atoms with Crippen molar-refractivity contribution in [2.75, 3.05) is 11.1 Å². The summed E-state index contributed by atoms with van der Waals surface area (Å²) in [6, 6.07) is 16.0. The van der Waals surface area contributed by atoms with Crippen LogP contribution >= 0.6 is 11.8 Å². The molecule has 4 nitrogen and oxygen atoms in total. The Hall–Kier alpha value is -2.27. The smallest absolute Gasteiger partial charge is 0.234 e. The van der Waals surface area contributed by atoms with Gasteiger partial charge in [-0.3, -0.25) is 4.79 Å². The fourth-order valence-corrected chi connectivity index (χ4v) is 3.58. The number of hydrogen-bond donors (Lipinski definition) is 1. The minimum atomic E-state index is -0.0150. The molecule has 1 N–H and O–H groups in total. The number of imidazole rings is 1. The van der Waals surface area contributed by atoms with Gasteiger partial charge < -0.3 is 9.88 Å². The molecule has 0 radical (unpaired) electrons. The molecular weight excluding hydrogens is 330 g/mol. The maximum absolute atomic E-state index is 12.3. The summed E-state index contributed by atoms with van der Waals surface area (Å²) in [6.45, 7) is 7.28. The van der Waals surface area contributed by atoms with Gasteiger partial charge in [-0.15, -0.1) is 0 Å². The van der Waals surface area contributed by atoms with Gasteiger partial charge in [0.05, 0.1) is 16.8 Å². The van der Waals surface area contributed by atoms with Gasteiger partial charge in [-0.1, -0.05) is 49.9 Å². The summed E-state index contributed by atoms with van der Waals surface area (Å²) < 4.78 is 2.21. The fraction of sp³-hybridized carbons (Fsp3) is 0.300. The van der Waals surface area contributed by atoms with Crippen LogP contribution in [0.4, 0.5) is 5.69 Å². The van der Waals surface area contributed by atoms with Gasteiger partial charge in [0.2, 0.25) is 5.91 Å². The van der Waals surface area contributed by atoms with Crippen LogP contribution in [0.3, 0.4) is 0 Å². The number of amides is 1. The van der Waals surface area contributed by atoms with Crippen molar-refractivity contribution in [3.63, 3.8) is 0 Å². The lowest BCUT2D eigenvalue weighted by Crippen LogP contribution is -2.15. The van der Waals surface area contributed by atoms with Crippen LogP contribution in [0.25, 0.3) is 11.0 Å². The first kappa shape index (κ1) is 17.5. The van der Waals surface area contributed by atoms with Gasteiger partial charge in [0, 0.05) is 12.2 Å². The van der Waals surface area contributed by atoms with E-state index in [-0.39, 0.29) is 5.91 Å². The van der Waals surface area contributed by atoms with Crippen LogP contribution in [0.5, 0.6) is 0 Å². The third kappa shape index (κ3) is 4.42. The van der Waals surface area contributed by atoms with Crippen molar-refractivity contribution in [3.8, 4) is 0 Å². The van der Waals surface area contributed by atoms with E-state index in [1.165, 1.54) is 11.8 Å². The van der Waals surface area contributed by atoms with Gasteiger partial charge in [-0.05, 0) is 42.7 Å². The first-order chi connectivity index (χ1) is 12.0. The molecule has 0 spiro atoms. The number of carbonyl (C=O) groups excluding carboxylic acids is 1. The molecule has 3 aromatic rings. The topological polar surface area (TPSA) is 46.9 Å².